The van der Waals surface area contributed by atoms with Crippen molar-refractivity contribution >= 4 is 18.6 Å². The Morgan fingerprint density at radius 3 is 1.62 bits per heavy atom. The summed E-state index contributed by atoms with van der Waals surface area (Å²) in [5.74, 6) is 0.553. The van der Waals surface area contributed by atoms with E-state index in [0.717, 1.165) is 12.8 Å². The Bertz CT molecular complexity index is 219. The maximum atomic E-state index is 11.2. The fraction of sp³-hybridized carbons (Fsp3) is 0.944. The van der Waals surface area contributed by atoms with Crippen LogP contribution in [-0.2, 0) is 9.53 Å². The molecule has 0 aliphatic rings. The number of carbonyl (C=O) groups excluding carboxylic acids is 1. The van der Waals surface area contributed by atoms with Gasteiger partial charge in [-0.05, 0) is 6.42 Å². The zero-order valence-electron chi connectivity index (χ0n) is 14.1. The highest BCUT2D eigenvalue weighted by molar-refractivity contribution is 7.80. The Morgan fingerprint density at radius 2 is 1.19 bits per heavy atom. The van der Waals surface area contributed by atoms with Crippen LogP contribution in [0.1, 0.15) is 96.8 Å². The van der Waals surface area contributed by atoms with E-state index in [1.165, 1.54) is 70.6 Å². The molecule has 0 amide bonds. The Hall–Kier alpha value is -0.180. The summed E-state index contributed by atoms with van der Waals surface area (Å²) in [6.45, 7) is 2.71. The molecular weight excluding hydrogens is 280 g/mol. The van der Waals surface area contributed by atoms with Crippen LogP contribution >= 0.6 is 12.6 Å². The Kier molecular flexibility index (Phi) is 17.7. The van der Waals surface area contributed by atoms with Gasteiger partial charge in [0.05, 0.1) is 0 Å². The van der Waals surface area contributed by atoms with Crippen molar-refractivity contribution in [2.75, 3.05) is 12.4 Å². The third-order valence-corrected chi connectivity index (χ3v) is 4.02. The molecule has 0 saturated heterocycles. The summed E-state index contributed by atoms with van der Waals surface area (Å²) in [6.07, 6.45) is 17.9. The van der Waals surface area contributed by atoms with Crippen LogP contribution in [0.3, 0.4) is 0 Å². The monoisotopic (exact) mass is 316 g/mol. The average molecular weight is 317 g/mol. The number of carbonyl (C=O) groups is 1. The molecule has 3 heteroatoms. The minimum atomic E-state index is -0.0628. The van der Waals surface area contributed by atoms with E-state index in [9.17, 15) is 4.79 Å². The molecule has 0 spiro atoms. The molecule has 0 bridgehead atoms. The molecular formula is C18H36O2S. The minimum absolute atomic E-state index is 0.0628. The third-order valence-electron chi connectivity index (χ3n) is 3.84. The molecule has 0 aliphatic carbocycles. The van der Waals surface area contributed by atoms with Crippen molar-refractivity contribution in [1.29, 1.82) is 0 Å². The van der Waals surface area contributed by atoms with Crippen LogP contribution in [0, 0.1) is 0 Å². The smallest absolute Gasteiger partial charge is 0.305 e. The number of thiol groups is 1. The SMILES string of the molecule is CCCCCCCCCCCCCCCC(=O)OCCS. The lowest BCUT2D eigenvalue weighted by Gasteiger charge is -2.04. The molecule has 21 heavy (non-hydrogen) atoms. The normalized spacial score (nSPS) is 10.8. The molecule has 0 unspecified atom stereocenters. The zero-order chi connectivity index (χ0) is 15.6. The third kappa shape index (κ3) is 17.8. The van der Waals surface area contributed by atoms with E-state index in [1.54, 1.807) is 0 Å². The fourth-order valence-corrected chi connectivity index (χ4v) is 2.61. The van der Waals surface area contributed by atoms with Crippen LogP contribution in [0.2, 0.25) is 0 Å². The van der Waals surface area contributed by atoms with Crippen LogP contribution in [0.25, 0.3) is 0 Å². The van der Waals surface area contributed by atoms with Crippen LogP contribution in [0.4, 0.5) is 0 Å². The van der Waals surface area contributed by atoms with Gasteiger partial charge in [-0.25, -0.2) is 0 Å². The molecule has 0 aromatic heterocycles. The molecule has 0 atom stereocenters. The van der Waals surface area contributed by atoms with E-state index in [2.05, 4.69) is 19.6 Å². The number of ether oxygens (including phenoxy) is 1. The van der Waals surface area contributed by atoms with Gasteiger partial charge in [-0.1, -0.05) is 84.0 Å². The van der Waals surface area contributed by atoms with Gasteiger partial charge < -0.3 is 4.74 Å². The molecule has 0 saturated carbocycles. The van der Waals surface area contributed by atoms with Crippen LogP contribution in [0.15, 0.2) is 0 Å². The van der Waals surface area contributed by atoms with E-state index in [0.29, 0.717) is 18.8 Å². The van der Waals surface area contributed by atoms with Gasteiger partial charge in [-0.15, -0.1) is 0 Å². The quantitative estimate of drug-likeness (QED) is 0.217. The summed E-state index contributed by atoms with van der Waals surface area (Å²) in [5, 5.41) is 0. The molecule has 0 aliphatic heterocycles. The summed E-state index contributed by atoms with van der Waals surface area (Å²) in [4.78, 5) is 11.2. The largest absolute Gasteiger partial charge is 0.465 e. The Balaban J connectivity index is 3.04. The van der Waals surface area contributed by atoms with Gasteiger partial charge >= 0.3 is 5.97 Å². The highest BCUT2D eigenvalue weighted by Crippen LogP contribution is 2.13. The van der Waals surface area contributed by atoms with Crippen LogP contribution in [-0.4, -0.2) is 18.3 Å². The van der Waals surface area contributed by atoms with E-state index in [-0.39, 0.29) is 5.97 Å². The molecule has 0 N–H and O–H groups in total. The molecule has 0 fully saturated rings. The number of rotatable bonds is 16. The van der Waals surface area contributed by atoms with Crippen molar-refractivity contribution in [3.63, 3.8) is 0 Å². The zero-order valence-corrected chi connectivity index (χ0v) is 15.0. The van der Waals surface area contributed by atoms with Gasteiger partial charge in [0.2, 0.25) is 0 Å². The van der Waals surface area contributed by atoms with Crippen LogP contribution < -0.4 is 0 Å². The first-order valence-electron chi connectivity index (χ1n) is 9.07. The highest BCUT2D eigenvalue weighted by atomic mass is 32.1. The average Bonchev–Trinajstić information content (AvgIpc) is 2.49. The van der Waals surface area contributed by atoms with Crippen molar-refractivity contribution in [2.45, 2.75) is 96.8 Å². The van der Waals surface area contributed by atoms with Gasteiger partial charge in [0.1, 0.15) is 6.61 Å². The summed E-state index contributed by atoms with van der Waals surface area (Å²) >= 11 is 4.01. The number of hydrogen-bond donors (Lipinski definition) is 1. The van der Waals surface area contributed by atoms with Gasteiger partial charge in [-0.2, -0.15) is 12.6 Å². The topological polar surface area (TPSA) is 26.3 Å². The highest BCUT2D eigenvalue weighted by Gasteiger charge is 2.01. The molecule has 0 aromatic carbocycles. The molecule has 2 nitrogen and oxygen atoms in total. The summed E-state index contributed by atoms with van der Waals surface area (Å²) in [5.41, 5.74) is 0. The van der Waals surface area contributed by atoms with Crippen LogP contribution in [0.5, 0.6) is 0 Å². The Morgan fingerprint density at radius 1 is 0.762 bits per heavy atom. The second kappa shape index (κ2) is 17.9. The van der Waals surface area contributed by atoms with Gasteiger partial charge in [0.15, 0.2) is 0 Å². The van der Waals surface area contributed by atoms with E-state index < -0.39 is 0 Å². The van der Waals surface area contributed by atoms with Gasteiger partial charge in [0, 0.05) is 12.2 Å². The lowest BCUT2D eigenvalue weighted by molar-refractivity contribution is -0.143. The van der Waals surface area contributed by atoms with E-state index >= 15 is 0 Å². The first kappa shape index (κ1) is 20.8. The fourth-order valence-electron chi connectivity index (χ4n) is 2.52. The first-order chi connectivity index (χ1) is 10.3. The summed E-state index contributed by atoms with van der Waals surface area (Å²) < 4.78 is 4.98. The van der Waals surface area contributed by atoms with Crippen molar-refractivity contribution < 1.29 is 9.53 Å². The predicted octanol–water partition coefficient (Wildman–Crippen LogP) is 5.94. The maximum Gasteiger partial charge on any atom is 0.305 e. The lowest BCUT2D eigenvalue weighted by atomic mass is 10.0. The van der Waals surface area contributed by atoms with Crippen molar-refractivity contribution in [1.82, 2.24) is 0 Å². The summed E-state index contributed by atoms with van der Waals surface area (Å²) in [7, 11) is 0. The molecule has 0 aromatic rings. The van der Waals surface area contributed by atoms with E-state index in [1.807, 2.05) is 0 Å². The second-order valence-corrected chi connectivity index (χ2v) is 6.38. The predicted molar refractivity (Wildman–Crippen MR) is 95.1 cm³/mol. The standard InChI is InChI=1S/C18H36O2S/c1-2-3-4-5-6-7-8-9-10-11-12-13-14-15-18(19)20-16-17-21/h21H,2-17H2,1H3. The van der Waals surface area contributed by atoms with E-state index in [4.69, 9.17) is 4.74 Å². The minimum Gasteiger partial charge on any atom is -0.465 e. The van der Waals surface area contributed by atoms with Gasteiger partial charge in [0.25, 0.3) is 0 Å². The number of esters is 1. The van der Waals surface area contributed by atoms with Crippen molar-refractivity contribution in [2.24, 2.45) is 0 Å². The molecule has 126 valence electrons. The maximum absolute atomic E-state index is 11.2. The molecule has 0 radical (unpaired) electrons. The number of hydrogen-bond acceptors (Lipinski definition) is 3. The lowest BCUT2D eigenvalue weighted by Crippen LogP contribution is -2.06. The first-order valence-corrected chi connectivity index (χ1v) is 9.71. The second-order valence-electron chi connectivity index (χ2n) is 5.94. The Labute approximate surface area is 137 Å². The van der Waals surface area contributed by atoms with Crippen molar-refractivity contribution in [3.8, 4) is 0 Å². The molecule has 0 heterocycles. The van der Waals surface area contributed by atoms with Crippen molar-refractivity contribution in [3.05, 3.63) is 0 Å². The molecule has 0 rings (SSSR count). The summed E-state index contributed by atoms with van der Waals surface area (Å²) in [6, 6.07) is 0. The van der Waals surface area contributed by atoms with Gasteiger partial charge in [-0.3, -0.25) is 4.79 Å². The number of unbranched alkanes of at least 4 members (excludes halogenated alkanes) is 12.